The number of non-ortho nitro benzene ring substituents is 2. The van der Waals surface area contributed by atoms with Gasteiger partial charge < -0.3 is 0 Å². The van der Waals surface area contributed by atoms with Gasteiger partial charge in [-0.1, -0.05) is 62.5 Å². The summed E-state index contributed by atoms with van der Waals surface area (Å²) in [7, 11) is -0.411. The lowest BCUT2D eigenvalue weighted by Gasteiger charge is -2.18. The van der Waals surface area contributed by atoms with E-state index in [-0.39, 0.29) is 21.2 Å². The molecule has 0 aliphatic heterocycles. The molecule has 148 valence electrons. The topological polar surface area (TPSA) is 86.3 Å². The van der Waals surface area contributed by atoms with E-state index >= 15 is 0 Å². The van der Waals surface area contributed by atoms with Gasteiger partial charge in [-0.2, -0.15) is 0 Å². The Bertz CT molecular complexity index is 899. The largest absolute Gasteiger partial charge is 0.269 e. The predicted molar refractivity (Wildman–Crippen MR) is 116 cm³/mol. The maximum Gasteiger partial charge on any atom is 0.269 e. The van der Waals surface area contributed by atoms with Crippen LogP contribution in [0.4, 0.5) is 11.4 Å². The van der Waals surface area contributed by atoms with Gasteiger partial charge in [0.15, 0.2) is 0 Å². The summed E-state index contributed by atoms with van der Waals surface area (Å²) in [6, 6.07) is 23.9. The first-order valence-corrected chi connectivity index (χ1v) is 11.0. The Morgan fingerprint density at radius 3 is 1.41 bits per heavy atom. The highest BCUT2D eigenvalue weighted by atomic mass is 31.1. The van der Waals surface area contributed by atoms with Crippen LogP contribution in [0.5, 0.6) is 0 Å². The van der Waals surface area contributed by atoms with Gasteiger partial charge >= 0.3 is 0 Å². The molecule has 0 atom stereocenters. The highest BCUT2D eigenvalue weighted by Crippen LogP contribution is 2.36. The summed E-state index contributed by atoms with van der Waals surface area (Å²) in [5.74, 6) is 0. The molecule has 0 spiro atoms. The molecule has 29 heavy (non-hydrogen) atoms. The predicted octanol–water partition coefficient (Wildman–Crippen LogP) is 5.10. The smallest absolute Gasteiger partial charge is 0.258 e. The van der Waals surface area contributed by atoms with E-state index in [0.717, 1.165) is 36.3 Å². The summed E-state index contributed by atoms with van der Waals surface area (Å²) in [5.41, 5.74) is 2.40. The summed E-state index contributed by atoms with van der Waals surface area (Å²) in [4.78, 5) is 20.9. The van der Waals surface area contributed by atoms with E-state index in [0.29, 0.717) is 0 Å². The van der Waals surface area contributed by atoms with Crippen LogP contribution in [-0.2, 0) is 12.8 Å². The number of nitrogens with zero attached hydrogens (tertiary/aromatic N) is 2. The van der Waals surface area contributed by atoms with Crippen molar-refractivity contribution in [2.75, 3.05) is 12.3 Å². The first kappa shape index (κ1) is 20.6. The molecule has 0 unspecified atom stereocenters. The highest BCUT2D eigenvalue weighted by Gasteiger charge is 2.13. The number of benzene rings is 3. The van der Waals surface area contributed by atoms with Crippen molar-refractivity contribution in [3.05, 3.63) is 110 Å². The first-order chi connectivity index (χ1) is 14.0. The van der Waals surface area contributed by atoms with Crippen molar-refractivity contribution >= 4 is 24.6 Å². The quantitative estimate of drug-likeness (QED) is 0.280. The molecule has 3 rings (SSSR count). The standard InChI is InChI=1S/C22H21N2O4P/c25-23(26)20-10-6-18(7-11-20)14-16-29(22-4-2-1-3-5-22)17-15-19-8-12-21(13-9-19)24(27)28/h1-13H,14-17H2. The van der Waals surface area contributed by atoms with Crippen LogP contribution in [0.15, 0.2) is 78.9 Å². The molecule has 0 radical (unpaired) electrons. The third-order valence-corrected chi connectivity index (χ3v) is 7.31. The van der Waals surface area contributed by atoms with Crippen LogP contribution in [0.1, 0.15) is 11.1 Å². The number of nitro groups is 2. The molecule has 0 heterocycles. The van der Waals surface area contributed by atoms with Crippen LogP contribution in [0.25, 0.3) is 0 Å². The third kappa shape index (κ3) is 5.93. The molecule has 0 saturated carbocycles. The summed E-state index contributed by atoms with van der Waals surface area (Å²) < 4.78 is 0. The lowest BCUT2D eigenvalue weighted by molar-refractivity contribution is -0.385. The zero-order chi connectivity index (χ0) is 20.6. The fourth-order valence-corrected chi connectivity index (χ4v) is 5.50. The molecule has 0 aromatic heterocycles. The van der Waals surface area contributed by atoms with E-state index in [1.54, 1.807) is 24.3 Å². The van der Waals surface area contributed by atoms with Crippen LogP contribution in [0.2, 0.25) is 0 Å². The average Bonchev–Trinajstić information content (AvgIpc) is 2.75. The van der Waals surface area contributed by atoms with Gasteiger partial charge in [0.25, 0.3) is 11.4 Å². The van der Waals surface area contributed by atoms with Crippen LogP contribution < -0.4 is 5.30 Å². The molecule has 7 heteroatoms. The molecule has 0 N–H and O–H groups in total. The molecule has 0 bridgehead atoms. The highest BCUT2D eigenvalue weighted by molar-refractivity contribution is 7.65. The SMILES string of the molecule is O=[N+]([O-])c1ccc(CCP(CCc2ccc([N+](=O)[O-])cc2)c2ccccc2)cc1. The zero-order valence-electron chi connectivity index (χ0n) is 15.8. The number of hydrogen-bond donors (Lipinski definition) is 0. The van der Waals surface area contributed by atoms with Gasteiger partial charge in [-0.3, -0.25) is 20.2 Å². The van der Waals surface area contributed by atoms with Gasteiger partial charge in [0.2, 0.25) is 0 Å². The van der Waals surface area contributed by atoms with E-state index in [9.17, 15) is 20.2 Å². The van der Waals surface area contributed by atoms with E-state index in [1.165, 1.54) is 5.30 Å². The average molecular weight is 408 g/mol. The van der Waals surface area contributed by atoms with Gasteiger partial charge in [0.1, 0.15) is 0 Å². The van der Waals surface area contributed by atoms with Crippen molar-refractivity contribution in [3.63, 3.8) is 0 Å². The molecule has 0 aliphatic carbocycles. The normalized spacial score (nSPS) is 10.8. The molecule has 0 amide bonds. The van der Waals surface area contributed by atoms with Gasteiger partial charge in [0.05, 0.1) is 9.85 Å². The maximum atomic E-state index is 10.8. The van der Waals surface area contributed by atoms with Gasteiger partial charge in [-0.05, 0) is 41.6 Å². The zero-order valence-corrected chi connectivity index (χ0v) is 16.7. The van der Waals surface area contributed by atoms with Crippen molar-refractivity contribution in [2.45, 2.75) is 12.8 Å². The number of nitro benzene ring substituents is 2. The molecule has 6 nitrogen and oxygen atoms in total. The number of rotatable bonds is 9. The summed E-state index contributed by atoms with van der Waals surface area (Å²) in [6.45, 7) is 0. The van der Waals surface area contributed by atoms with Crippen molar-refractivity contribution in [1.82, 2.24) is 0 Å². The van der Waals surface area contributed by atoms with Crippen molar-refractivity contribution < 1.29 is 9.85 Å². The van der Waals surface area contributed by atoms with Gasteiger partial charge in [-0.15, -0.1) is 0 Å². The lowest BCUT2D eigenvalue weighted by atomic mass is 10.1. The third-order valence-electron chi connectivity index (χ3n) is 4.76. The Morgan fingerprint density at radius 2 is 1.03 bits per heavy atom. The van der Waals surface area contributed by atoms with Crippen LogP contribution in [0, 0.1) is 20.2 Å². The van der Waals surface area contributed by atoms with E-state index in [1.807, 2.05) is 42.5 Å². The van der Waals surface area contributed by atoms with E-state index in [2.05, 4.69) is 12.1 Å². The Labute approximate surface area is 170 Å². The van der Waals surface area contributed by atoms with Crippen molar-refractivity contribution in [2.24, 2.45) is 0 Å². The Hall–Kier alpha value is -3.11. The van der Waals surface area contributed by atoms with E-state index < -0.39 is 7.92 Å². The summed E-state index contributed by atoms with van der Waals surface area (Å²) >= 11 is 0. The van der Waals surface area contributed by atoms with Crippen molar-refractivity contribution in [3.8, 4) is 0 Å². The molecule has 0 fully saturated rings. The van der Waals surface area contributed by atoms with Crippen molar-refractivity contribution in [1.29, 1.82) is 0 Å². The van der Waals surface area contributed by atoms with E-state index in [4.69, 9.17) is 0 Å². The minimum absolute atomic E-state index is 0.109. The number of aryl methyl sites for hydroxylation is 2. The Morgan fingerprint density at radius 1 is 0.621 bits per heavy atom. The molecular formula is C22H21N2O4P. The Kier molecular flexibility index (Phi) is 7.04. The maximum absolute atomic E-state index is 10.8. The fourth-order valence-electron chi connectivity index (χ4n) is 3.11. The molecule has 0 aliphatic rings. The fraction of sp³-hybridized carbons (Fsp3) is 0.182. The Balaban J connectivity index is 1.66. The van der Waals surface area contributed by atoms with Gasteiger partial charge in [-0.25, -0.2) is 0 Å². The summed E-state index contributed by atoms with van der Waals surface area (Å²) in [5, 5.41) is 23.0. The van der Waals surface area contributed by atoms with Crippen LogP contribution in [0.3, 0.4) is 0 Å². The second-order valence-corrected chi connectivity index (χ2v) is 9.16. The lowest BCUT2D eigenvalue weighted by Crippen LogP contribution is -2.09. The monoisotopic (exact) mass is 408 g/mol. The minimum atomic E-state index is -0.411. The second-order valence-electron chi connectivity index (χ2n) is 6.67. The van der Waals surface area contributed by atoms with Gasteiger partial charge in [0, 0.05) is 24.3 Å². The minimum Gasteiger partial charge on any atom is -0.258 e. The molecule has 0 saturated heterocycles. The molecule has 3 aromatic rings. The molecular weight excluding hydrogens is 387 g/mol. The van der Waals surface area contributed by atoms with Crippen LogP contribution >= 0.6 is 7.92 Å². The number of hydrogen-bond acceptors (Lipinski definition) is 4. The van der Waals surface area contributed by atoms with Crippen LogP contribution in [-0.4, -0.2) is 22.2 Å². The molecule has 3 aromatic carbocycles. The summed E-state index contributed by atoms with van der Waals surface area (Å²) in [6.07, 6.45) is 3.70. The first-order valence-electron chi connectivity index (χ1n) is 9.29. The second kappa shape index (κ2) is 9.89.